The number of ether oxygens (including phenoxy) is 1. The molecule has 0 saturated carbocycles. The highest BCUT2D eigenvalue weighted by Gasteiger charge is 2.23. The molecule has 0 aliphatic heterocycles. The quantitative estimate of drug-likeness (QED) is 0.703. The van der Waals surface area contributed by atoms with Gasteiger partial charge in [0, 0.05) is 25.4 Å². The monoisotopic (exact) mass is 376 g/mol. The largest absolute Gasteiger partial charge is 0.496 e. The van der Waals surface area contributed by atoms with E-state index in [-0.39, 0.29) is 5.56 Å². The lowest BCUT2D eigenvalue weighted by Gasteiger charge is -2.30. The number of aromatic nitrogens is 1. The SMILES string of the molecule is COc1cccc2c1CCCC2CN(C)CCc1ccc2c[nH]c(=O)cc2c1. The third kappa shape index (κ3) is 3.97. The Kier molecular flexibility index (Phi) is 5.49. The lowest BCUT2D eigenvalue weighted by atomic mass is 9.82. The van der Waals surface area contributed by atoms with Crippen molar-refractivity contribution in [3.05, 3.63) is 75.7 Å². The van der Waals surface area contributed by atoms with Crippen molar-refractivity contribution in [1.82, 2.24) is 9.88 Å². The molecule has 0 spiro atoms. The van der Waals surface area contributed by atoms with Gasteiger partial charge >= 0.3 is 0 Å². The maximum Gasteiger partial charge on any atom is 0.248 e. The number of pyridine rings is 1. The fourth-order valence-electron chi connectivity index (χ4n) is 4.45. The van der Waals surface area contributed by atoms with Crippen molar-refractivity contribution in [3.63, 3.8) is 0 Å². The molecule has 0 saturated heterocycles. The van der Waals surface area contributed by atoms with E-state index in [9.17, 15) is 4.79 Å². The number of H-pyrrole nitrogens is 1. The molecule has 3 aromatic rings. The Morgan fingerprint density at radius 3 is 2.93 bits per heavy atom. The molecule has 146 valence electrons. The van der Waals surface area contributed by atoms with E-state index in [1.165, 1.54) is 29.5 Å². The molecule has 0 bridgehead atoms. The number of nitrogens with zero attached hydrogens (tertiary/aromatic N) is 1. The summed E-state index contributed by atoms with van der Waals surface area (Å²) in [6, 6.07) is 14.5. The topological polar surface area (TPSA) is 45.3 Å². The molecule has 28 heavy (non-hydrogen) atoms. The molecule has 1 aromatic heterocycles. The summed E-state index contributed by atoms with van der Waals surface area (Å²) >= 11 is 0. The summed E-state index contributed by atoms with van der Waals surface area (Å²) in [5.74, 6) is 1.61. The Morgan fingerprint density at radius 2 is 2.07 bits per heavy atom. The zero-order chi connectivity index (χ0) is 19.5. The van der Waals surface area contributed by atoms with E-state index in [0.29, 0.717) is 5.92 Å². The lowest BCUT2D eigenvalue weighted by molar-refractivity contribution is 0.299. The van der Waals surface area contributed by atoms with Crippen molar-refractivity contribution in [2.45, 2.75) is 31.6 Å². The summed E-state index contributed by atoms with van der Waals surface area (Å²) in [7, 11) is 3.98. The number of hydrogen-bond donors (Lipinski definition) is 1. The first-order chi connectivity index (χ1) is 13.6. The van der Waals surface area contributed by atoms with Crippen LogP contribution in [0.25, 0.3) is 10.8 Å². The zero-order valence-electron chi connectivity index (χ0n) is 16.7. The molecule has 4 heteroatoms. The number of likely N-dealkylation sites (N-methyl/N-ethyl adjacent to an activating group) is 1. The number of hydrogen-bond acceptors (Lipinski definition) is 3. The minimum absolute atomic E-state index is 0.0480. The Morgan fingerprint density at radius 1 is 1.18 bits per heavy atom. The van der Waals surface area contributed by atoms with Crippen molar-refractivity contribution in [2.24, 2.45) is 0 Å². The smallest absolute Gasteiger partial charge is 0.248 e. The van der Waals surface area contributed by atoms with E-state index in [2.05, 4.69) is 53.3 Å². The Hall–Kier alpha value is -2.59. The van der Waals surface area contributed by atoms with E-state index in [0.717, 1.165) is 42.5 Å². The molecule has 1 atom stereocenters. The van der Waals surface area contributed by atoms with Crippen molar-refractivity contribution in [2.75, 3.05) is 27.2 Å². The Bertz CT molecular complexity index is 1020. The van der Waals surface area contributed by atoms with Gasteiger partial charge in [0.05, 0.1) is 7.11 Å². The number of benzene rings is 2. The Labute approximate surface area is 166 Å². The van der Waals surface area contributed by atoms with Gasteiger partial charge in [-0.25, -0.2) is 0 Å². The molecule has 1 aliphatic rings. The van der Waals surface area contributed by atoms with E-state index < -0.39 is 0 Å². The second-order valence-electron chi connectivity index (χ2n) is 7.89. The molecule has 1 aliphatic carbocycles. The summed E-state index contributed by atoms with van der Waals surface area (Å²) in [6.45, 7) is 2.07. The van der Waals surface area contributed by atoms with Crippen LogP contribution in [0.1, 0.15) is 35.4 Å². The molecular weight excluding hydrogens is 348 g/mol. The van der Waals surface area contributed by atoms with Crippen LogP contribution in [-0.4, -0.2) is 37.1 Å². The van der Waals surface area contributed by atoms with Crippen molar-refractivity contribution < 1.29 is 4.74 Å². The maximum atomic E-state index is 11.6. The average molecular weight is 376 g/mol. The van der Waals surface area contributed by atoms with E-state index >= 15 is 0 Å². The first-order valence-electron chi connectivity index (χ1n) is 10.1. The summed E-state index contributed by atoms with van der Waals surface area (Å²) in [5, 5.41) is 2.08. The highest BCUT2D eigenvalue weighted by molar-refractivity contribution is 5.81. The van der Waals surface area contributed by atoms with E-state index in [4.69, 9.17) is 4.74 Å². The molecular formula is C24H28N2O2. The lowest BCUT2D eigenvalue weighted by Crippen LogP contribution is -2.28. The average Bonchev–Trinajstić information content (AvgIpc) is 2.71. The van der Waals surface area contributed by atoms with E-state index in [1.54, 1.807) is 19.4 Å². The van der Waals surface area contributed by atoms with Crippen LogP contribution in [0.15, 0.2) is 53.5 Å². The predicted octanol–water partition coefficient (Wildman–Crippen LogP) is 4.13. The second-order valence-corrected chi connectivity index (χ2v) is 7.89. The van der Waals surface area contributed by atoms with Gasteiger partial charge in [-0.3, -0.25) is 4.79 Å². The molecule has 1 unspecified atom stereocenters. The number of methoxy groups -OCH3 is 1. The first-order valence-corrected chi connectivity index (χ1v) is 10.1. The van der Waals surface area contributed by atoms with Crippen LogP contribution in [0.5, 0.6) is 5.75 Å². The van der Waals surface area contributed by atoms with Gasteiger partial charge in [-0.05, 0) is 72.2 Å². The van der Waals surface area contributed by atoms with Gasteiger partial charge in [-0.2, -0.15) is 0 Å². The highest BCUT2D eigenvalue weighted by atomic mass is 16.5. The second kappa shape index (κ2) is 8.19. The van der Waals surface area contributed by atoms with Crippen molar-refractivity contribution in [1.29, 1.82) is 0 Å². The van der Waals surface area contributed by atoms with Crippen LogP contribution in [0, 0.1) is 0 Å². The fourth-order valence-corrected chi connectivity index (χ4v) is 4.45. The molecule has 0 fully saturated rings. The zero-order valence-corrected chi connectivity index (χ0v) is 16.7. The van der Waals surface area contributed by atoms with Crippen LogP contribution in [0.2, 0.25) is 0 Å². The molecule has 1 heterocycles. The minimum atomic E-state index is -0.0480. The van der Waals surface area contributed by atoms with Gasteiger partial charge in [-0.15, -0.1) is 0 Å². The van der Waals surface area contributed by atoms with Gasteiger partial charge in [0.15, 0.2) is 0 Å². The van der Waals surface area contributed by atoms with Gasteiger partial charge in [0.25, 0.3) is 0 Å². The van der Waals surface area contributed by atoms with E-state index in [1.807, 2.05) is 0 Å². The van der Waals surface area contributed by atoms with Crippen molar-refractivity contribution in [3.8, 4) is 5.75 Å². The van der Waals surface area contributed by atoms with Crippen LogP contribution in [-0.2, 0) is 12.8 Å². The number of aromatic amines is 1. The number of fused-ring (bicyclic) bond motifs is 2. The van der Waals surface area contributed by atoms with Gasteiger partial charge in [0.2, 0.25) is 5.56 Å². The highest BCUT2D eigenvalue weighted by Crippen LogP contribution is 2.36. The molecule has 4 rings (SSSR count). The third-order valence-corrected chi connectivity index (χ3v) is 5.93. The molecule has 0 amide bonds. The van der Waals surface area contributed by atoms with Crippen LogP contribution in [0.3, 0.4) is 0 Å². The summed E-state index contributed by atoms with van der Waals surface area (Å²) < 4.78 is 5.58. The molecule has 0 radical (unpaired) electrons. The summed E-state index contributed by atoms with van der Waals surface area (Å²) in [6.07, 6.45) is 6.35. The number of rotatable bonds is 6. The standard InChI is InChI=1S/C24H28N2O2/c1-26(12-11-17-9-10-18-15-25-24(27)14-20(18)13-17)16-19-5-3-7-22-21(19)6-4-8-23(22)28-2/h4,6,8-10,13-15,19H,3,5,7,11-12,16H2,1-2H3,(H,25,27). The molecule has 2 aromatic carbocycles. The number of nitrogens with one attached hydrogen (secondary N) is 1. The fraction of sp³-hybridized carbons (Fsp3) is 0.375. The minimum Gasteiger partial charge on any atom is -0.496 e. The maximum absolute atomic E-state index is 11.6. The van der Waals surface area contributed by atoms with Gasteiger partial charge < -0.3 is 14.6 Å². The third-order valence-electron chi connectivity index (χ3n) is 5.93. The van der Waals surface area contributed by atoms with Crippen LogP contribution >= 0.6 is 0 Å². The molecule has 4 nitrogen and oxygen atoms in total. The predicted molar refractivity (Wildman–Crippen MR) is 114 cm³/mol. The van der Waals surface area contributed by atoms with Crippen molar-refractivity contribution >= 4 is 10.8 Å². The summed E-state index contributed by atoms with van der Waals surface area (Å²) in [5.41, 5.74) is 4.08. The van der Waals surface area contributed by atoms with Crippen LogP contribution in [0.4, 0.5) is 0 Å². The van der Waals surface area contributed by atoms with Gasteiger partial charge in [0.1, 0.15) is 5.75 Å². The normalized spacial score (nSPS) is 16.3. The summed E-state index contributed by atoms with van der Waals surface area (Å²) in [4.78, 5) is 16.7. The van der Waals surface area contributed by atoms with Crippen LogP contribution < -0.4 is 10.3 Å². The molecule has 1 N–H and O–H groups in total. The first kappa shape index (κ1) is 18.8. The van der Waals surface area contributed by atoms with Gasteiger partial charge in [-0.1, -0.05) is 30.3 Å². The Balaban J connectivity index is 1.42.